The number of alkyl halides is 3. The van der Waals surface area contributed by atoms with Crippen LogP contribution in [0.25, 0.3) is 0 Å². The maximum absolute atomic E-state index is 13.9. The number of rotatable bonds is 14. The maximum atomic E-state index is 13.9. The van der Waals surface area contributed by atoms with Gasteiger partial charge in [-0.2, -0.15) is 13.2 Å². The number of halogens is 4. The van der Waals surface area contributed by atoms with E-state index in [1.165, 1.54) is 11.0 Å². The van der Waals surface area contributed by atoms with Crippen molar-refractivity contribution in [2.45, 2.75) is 51.9 Å². The number of nitrogens with zero attached hydrogens (tertiary/aromatic N) is 2. The van der Waals surface area contributed by atoms with Gasteiger partial charge in [0, 0.05) is 37.5 Å². The van der Waals surface area contributed by atoms with E-state index >= 15 is 0 Å². The van der Waals surface area contributed by atoms with E-state index < -0.39 is 33.7 Å². The highest BCUT2D eigenvalue weighted by Gasteiger charge is 2.33. The fraction of sp³-hybridized carbons (Fsp3) is 0.375. The van der Waals surface area contributed by atoms with Crippen LogP contribution < -0.4 is 9.62 Å². The Morgan fingerprint density at radius 3 is 2.23 bits per heavy atom. The van der Waals surface area contributed by atoms with Crippen molar-refractivity contribution in [3.63, 3.8) is 0 Å². The summed E-state index contributed by atoms with van der Waals surface area (Å²) in [6.07, 6.45) is -3.71. The van der Waals surface area contributed by atoms with Gasteiger partial charge in [-0.15, -0.1) is 0 Å². The topological polar surface area (TPSA) is 86.8 Å². The standard InChI is InChI=1S/C32H37ClF3N3O4S/c1-23(2)21-37-31(41)29(19-24-11-5-4-6-12-24)38(22-25-13-7-8-16-28(25)33)30(40)17-10-18-39(44(3,42)43)27-15-9-14-26(20-27)32(34,35)36/h4-9,11-16,20,23,29H,10,17-19,21-22H2,1-3H3,(H,37,41)/t29-/m0/s1. The molecule has 0 spiro atoms. The van der Waals surface area contributed by atoms with E-state index in [1.54, 1.807) is 24.3 Å². The van der Waals surface area contributed by atoms with Crippen LogP contribution in [0, 0.1) is 5.92 Å². The van der Waals surface area contributed by atoms with Crippen LogP contribution in [0.15, 0.2) is 78.9 Å². The zero-order valence-electron chi connectivity index (χ0n) is 24.9. The SMILES string of the molecule is CC(C)CNC(=O)[C@H](Cc1ccccc1)N(Cc1ccccc1Cl)C(=O)CCCN(c1cccc(C(F)(F)F)c1)S(C)(=O)=O. The molecule has 12 heteroatoms. The largest absolute Gasteiger partial charge is 0.416 e. The van der Waals surface area contributed by atoms with Gasteiger partial charge in [-0.1, -0.05) is 80.0 Å². The average Bonchev–Trinajstić information content (AvgIpc) is 2.96. The van der Waals surface area contributed by atoms with Crippen molar-refractivity contribution in [1.29, 1.82) is 0 Å². The van der Waals surface area contributed by atoms with E-state index in [9.17, 15) is 31.2 Å². The van der Waals surface area contributed by atoms with Gasteiger partial charge in [-0.05, 0) is 47.7 Å². The molecule has 0 aliphatic rings. The van der Waals surface area contributed by atoms with Crippen molar-refractivity contribution < 1.29 is 31.2 Å². The number of anilines is 1. The van der Waals surface area contributed by atoms with Crippen LogP contribution in [0.5, 0.6) is 0 Å². The summed E-state index contributed by atoms with van der Waals surface area (Å²) in [7, 11) is -3.98. The summed E-state index contributed by atoms with van der Waals surface area (Å²) in [4.78, 5) is 28.9. The van der Waals surface area contributed by atoms with Crippen molar-refractivity contribution in [3.8, 4) is 0 Å². The van der Waals surface area contributed by atoms with Gasteiger partial charge in [0.2, 0.25) is 21.8 Å². The van der Waals surface area contributed by atoms with E-state index in [-0.39, 0.29) is 49.9 Å². The predicted molar refractivity (Wildman–Crippen MR) is 167 cm³/mol. The summed E-state index contributed by atoms with van der Waals surface area (Å²) >= 11 is 6.44. The minimum absolute atomic E-state index is 0.00710. The van der Waals surface area contributed by atoms with Crippen LogP contribution in [0.3, 0.4) is 0 Å². The summed E-state index contributed by atoms with van der Waals surface area (Å²) in [5.74, 6) is -0.602. The first-order valence-corrected chi connectivity index (χ1v) is 16.4. The van der Waals surface area contributed by atoms with Crippen molar-refractivity contribution in [3.05, 3.63) is 101 Å². The predicted octanol–water partition coefficient (Wildman–Crippen LogP) is 6.32. The molecule has 3 aromatic carbocycles. The lowest BCUT2D eigenvalue weighted by Crippen LogP contribution is -2.51. The molecule has 0 aliphatic heterocycles. The summed E-state index contributed by atoms with van der Waals surface area (Å²) in [5.41, 5.74) is 0.320. The van der Waals surface area contributed by atoms with E-state index in [2.05, 4.69) is 5.32 Å². The Morgan fingerprint density at radius 1 is 0.955 bits per heavy atom. The molecule has 1 N–H and O–H groups in total. The molecule has 0 fully saturated rings. The van der Waals surface area contributed by atoms with E-state index in [0.717, 1.165) is 34.3 Å². The van der Waals surface area contributed by atoms with Crippen LogP contribution in [0.1, 0.15) is 43.4 Å². The number of carbonyl (C=O) groups is 2. The van der Waals surface area contributed by atoms with Crippen LogP contribution in [0.4, 0.5) is 18.9 Å². The third-order valence-electron chi connectivity index (χ3n) is 6.87. The number of hydrogen-bond donors (Lipinski definition) is 1. The third-order valence-corrected chi connectivity index (χ3v) is 8.43. The number of hydrogen-bond acceptors (Lipinski definition) is 4. The Kier molecular flexibility index (Phi) is 12.2. The normalized spacial score (nSPS) is 12.5. The monoisotopic (exact) mass is 651 g/mol. The smallest absolute Gasteiger partial charge is 0.354 e. The number of carbonyl (C=O) groups excluding carboxylic acids is 2. The van der Waals surface area contributed by atoms with Crippen molar-refractivity contribution >= 4 is 39.1 Å². The Labute approximate surface area is 262 Å². The lowest BCUT2D eigenvalue weighted by molar-refractivity contribution is -0.141. The molecule has 238 valence electrons. The Balaban J connectivity index is 1.90. The number of benzene rings is 3. The van der Waals surface area contributed by atoms with E-state index in [4.69, 9.17) is 11.6 Å². The molecular weight excluding hydrogens is 615 g/mol. The molecule has 2 amide bonds. The third kappa shape index (κ3) is 10.3. The molecule has 3 aromatic rings. The molecule has 0 unspecified atom stereocenters. The van der Waals surface area contributed by atoms with Crippen molar-refractivity contribution in [2.24, 2.45) is 5.92 Å². The lowest BCUT2D eigenvalue weighted by Gasteiger charge is -2.32. The molecule has 0 radical (unpaired) electrons. The molecule has 0 saturated carbocycles. The lowest BCUT2D eigenvalue weighted by atomic mass is 10.0. The molecule has 7 nitrogen and oxygen atoms in total. The van der Waals surface area contributed by atoms with Gasteiger partial charge in [0.15, 0.2) is 0 Å². The minimum atomic E-state index is -4.65. The highest BCUT2D eigenvalue weighted by molar-refractivity contribution is 7.92. The van der Waals surface area contributed by atoms with Gasteiger partial charge in [-0.3, -0.25) is 13.9 Å². The van der Waals surface area contributed by atoms with Crippen molar-refractivity contribution in [2.75, 3.05) is 23.7 Å². The van der Waals surface area contributed by atoms with E-state index in [0.29, 0.717) is 17.1 Å². The molecule has 0 aliphatic carbocycles. The number of nitrogens with one attached hydrogen (secondary N) is 1. The fourth-order valence-electron chi connectivity index (χ4n) is 4.63. The summed E-state index contributed by atoms with van der Waals surface area (Å²) in [6, 6.07) is 19.3. The van der Waals surface area contributed by atoms with Gasteiger partial charge in [0.25, 0.3) is 0 Å². The highest BCUT2D eigenvalue weighted by atomic mass is 35.5. The first-order valence-electron chi connectivity index (χ1n) is 14.2. The summed E-state index contributed by atoms with van der Waals surface area (Å²) in [5, 5.41) is 3.34. The number of sulfonamides is 1. The Hall–Kier alpha value is -3.57. The van der Waals surface area contributed by atoms with Gasteiger partial charge in [0.05, 0.1) is 17.5 Å². The molecule has 0 saturated heterocycles. The van der Waals surface area contributed by atoms with Crippen LogP contribution in [-0.2, 0) is 38.8 Å². The van der Waals surface area contributed by atoms with Crippen LogP contribution >= 0.6 is 11.6 Å². The van der Waals surface area contributed by atoms with Crippen molar-refractivity contribution in [1.82, 2.24) is 10.2 Å². The average molecular weight is 652 g/mol. The molecule has 1 atom stereocenters. The molecule has 0 aromatic heterocycles. The molecule has 0 bridgehead atoms. The van der Waals surface area contributed by atoms with Crippen LogP contribution in [-0.4, -0.2) is 50.5 Å². The zero-order valence-corrected chi connectivity index (χ0v) is 26.4. The molecule has 3 rings (SSSR count). The first-order chi connectivity index (χ1) is 20.7. The highest BCUT2D eigenvalue weighted by Crippen LogP contribution is 2.32. The second-order valence-electron chi connectivity index (χ2n) is 10.9. The fourth-order valence-corrected chi connectivity index (χ4v) is 5.78. The first kappa shape index (κ1) is 34.9. The van der Waals surface area contributed by atoms with Crippen LogP contribution in [0.2, 0.25) is 5.02 Å². The second kappa shape index (κ2) is 15.4. The molecule has 0 heterocycles. The molecular formula is C32H37ClF3N3O4S. The van der Waals surface area contributed by atoms with Gasteiger partial charge in [-0.25, -0.2) is 8.42 Å². The zero-order chi connectivity index (χ0) is 32.5. The van der Waals surface area contributed by atoms with Gasteiger partial charge < -0.3 is 10.2 Å². The maximum Gasteiger partial charge on any atom is 0.416 e. The number of amides is 2. The summed E-state index contributed by atoms with van der Waals surface area (Å²) in [6.45, 7) is 4.09. The molecule has 44 heavy (non-hydrogen) atoms. The van der Waals surface area contributed by atoms with Gasteiger partial charge >= 0.3 is 6.18 Å². The van der Waals surface area contributed by atoms with E-state index in [1.807, 2.05) is 44.2 Å². The Bertz CT molecular complexity index is 1520. The Morgan fingerprint density at radius 2 is 1.61 bits per heavy atom. The summed E-state index contributed by atoms with van der Waals surface area (Å²) < 4.78 is 66.0. The second-order valence-corrected chi connectivity index (χ2v) is 13.3. The quantitative estimate of drug-likeness (QED) is 0.221. The minimum Gasteiger partial charge on any atom is -0.354 e. The van der Waals surface area contributed by atoms with Gasteiger partial charge in [0.1, 0.15) is 6.04 Å².